The number of allylic oxidation sites excluding steroid dienone is 2. The van der Waals surface area contributed by atoms with Crippen LogP contribution in [0.25, 0.3) is 5.57 Å². The third kappa shape index (κ3) is 3.30. The molecule has 0 amide bonds. The van der Waals surface area contributed by atoms with Crippen LogP contribution in [0, 0.1) is 3.57 Å². The maximum absolute atomic E-state index is 10.8. The number of ketones is 1. The van der Waals surface area contributed by atoms with E-state index in [9.17, 15) is 4.79 Å². The van der Waals surface area contributed by atoms with Crippen molar-refractivity contribution in [3.8, 4) is 0 Å². The minimum absolute atomic E-state index is 0.0936. The zero-order valence-corrected chi connectivity index (χ0v) is 9.83. The van der Waals surface area contributed by atoms with E-state index in [4.69, 9.17) is 0 Å². The molecule has 1 aromatic rings. The molecule has 1 aromatic carbocycles. The summed E-state index contributed by atoms with van der Waals surface area (Å²) in [7, 11) is 0. The lowest BCUT2D eigenvalue weighted by molar-refractivity contribution is -0.112. The van der Waals surface area contributed by atoms with Crippen LogP contribution in [0.3, 0.4) is 0 Å². The highest BCUT2D eigenvalue weighted by Gasteiger charge is 1.96. The van der Waals surface area contributed by atoms with Gasteiger partial charge in [0.2, 0.25) is 0 Å². The van der Waals surface area contributed by atoms with Gasteiger partial charge in [-0.1, -0.05) is 12.1 Å². The molecule has 0 bridgehead atoms. The molecule has 2 heteroatoms. The quantitative estimate of drug-likeness (QED) is 0.602. The highest BCUT2D eigenvalue weighted by atomic mass is 127. The second-order valence-corrected chi connectivity index (χ2v) is 4.19. The molecule has 0 radical (unpaired) electrons. The van der Waals surface area contributed by atoms with Gasteiger partial charge in [0.25, 0.3) is 0 Å². The van der Waals surface area contributed by atoms with Crippen LogP contribution in [0.2, 0.25) is 0 Å². The van der Waals surface area contributed by atoms with E-state index in [1.54, 1.807) is 13.0 Å². The molecule has 0 aliphatic carbocycles. The fourth-order valence-corrected chi connectivity index (χ4v) is 1.46. The van der Waals surface area contributed by atoms with Gasteiger partial charge in [-0.3, -0.25) is 4.79 Å². The molecule has 0 saturated carbocycles. The number of rotatable bonds is 2. The van der Waals surface area contributed by atoms with Crippen molar-refractivity contribution in [3.05, 3.63) is 39.5 Å². The predicted molar refractivity (Wildman–Crippen MR) is 63.5 cm³/mol. The van der Waals surface area contributed by atoms with Gasteiger partial charge in [0, 0.05) is 3.57 Å². The Hall–Kier alpha value is -0.640. The van der Waals surface area contributed by atoms with Gasteiger partial charge in [-0.05, 0) is 65.8 Å². The average molecular weight is 286 g/mol. The van der Waals surface area contributed by atoms with Crippen LogP contribution in [0.4, 0.5) is 0 Å². The van der Waals surface area contributed by atoms with Crippen molar-refractivity contribution in [2.45, 2.75) is 13.8 Å². The highest BCUT2D eigenvalue weighted by Crippen LogP contribution is 2.15. The van der Waals surface area contributed by atoms with Crippen LogP contribution in [-0.2, 0) is 4.79 Å². The number of halogens is 1. The summed E-state index contributed by atoms with van der Waals surface area (Å²) >= 11 is 2.26. The third-order valence-electron chi connectivity index (χ3n) is 1.72. The summed E-state index contributed by atoms with van der Waals surface area (Å²) in [6.07, 6.45) is 1.65. The topological polar surface area (TPSA) is 17.1 Å². The van der Waals surface area contributed by atoms with E-state index in [-0.39, 0.29) is 5.78 Å². The Kier molecular flexibility index (Phi) is 3.66. The van der Waals surface area contributed by atoms with E-state index in [2.05, 4.69) is 22.6 Å². The lowest BCUT2D eigenvalue weighted by Crippen LogP contribution is -1.86. The summed E-state index contributed by atoms with van der Waals surface area (Å²) in [5.41, 5.74) is 2.12. The molecule has 68 valence electrons. The maximum Gasteiger partial charge on any atom is 0.152 e. The number of hydrogen-bond acceptors (Lipinski definition) is 1. The van der Waals surface area contributed by atoms with Crippen LogP contribution in [-0.4, -0.2) is 5.78 Å². The number of carbonyl (C=O) groups is 1. The fourth-order valence-electron chi connectivity index (χ4n) is 1.10. The summed E-state index contributed by atoms with van der Waals surface area (Å²) in [4.78, 5) is 10.8. The van der Waals surface area contributed by atoms with Crippen molar-refractivity contribution in [2.24, 2.45) is 0 Å². The molecule has 0 spiro atoms. The first-order valence-corrected chi connectivity index (χ1v) is 5.12. The minimum Gasteiger partial charge on any atom is -0.295 e. The van der Waals surface area contributed by atoms with Gasteiger partial charge in [0.1, 0.15) is 0 Å². The van der Waals surface area contributed by atoms with Crippen molar-refractivity contribution in [3.63, 3.8) is 0 Å². The average Bonchev–Trinajstić information content (AvgIpc) is 2.04. The number of carbonyl (C=O) groups excluding carboxylic acids is 1. The SMILES string of the molecule is CC(=O)/C=C(\C)c1ccc(I)cc1. The Morgan fingerprint density at radius 3 is 2.23 bits per heavy atom. The Labute approximate surface area is 92.0 Å². The molecule has 13 heavy (non-hydrogen) atoms. The molecule has 1 nitrogen and oxygen atoms in total. The van der Waals surface area contributed by atoms with Crippen LogP contribution in [0.5, 0.6) is 0 Å². The van der Waals surface area contributed by atoms with E-state index in [1.165, 1.54) is 3.57 Å². The summed E-state index contributed by atoms with van der Waals surface area (Å²) in [6, 6.07) is 8.12. The van der Waals surface area contributed by atoms with Gasteiger partial charge < -0.3 is 0 Å². The maximum atomic E-state index is 10.8. The molecule has 0 aromatic heterocycles. The minimum atomic E-state index is 0.0936. The van der Waals surface area contributed by atoms with Crippen molar-refractivity contribution in [1.82, 2.24) is 0 Å². The Balaban J connectivity index is 2.96. The Morgan fingerprint density at radius 2 is 1.77 bits per heavy atom. The summed E-state index contributed by atoms with van der Waals surface area (Å²) in [6.45, 7) is 3.51. The Bertz CT molecular complexity index is 336. The molecule has 0 heterocycles. The largest absolute Gasteiger partial charge is 0.295 e. The van der Waals surface area contributed by atoms with Crippen LogP contribution in [0.15, 0.2) is 30.3 Å². The summed E-state index contributed by atoms with van der Waals surface area (Å²) < 4.78 is 1.21. The molecule has 0 unspecified atom stereocenters. The molecular weight excluding hydrogens is 275 g/mol. The first-order valence-electron chi connectivity index (χ1n) is 4.04. The summed E-state index contributed by atoms with van der Waals surface area (Å²) in [5.74, 6) is 0.0936. The number of hydrogen-bond donors (Lipinski definition) is 0. The lowest BCUT2D eigenvalue weighted by Gasteiger charge is -2.00. The second kappa shape index (κ2) is 4.56. The first kappa shape index (κ1) is 10.4. The van der Waals surface area contributed by atoms with E-state index < -0.39 is 0 Å². The molecule has 0 N–H and O–H groups in total. The van der Waals surface area contributed by atoms with Crippen molar-refractivity contribution < 1.29 is 4.79 Å². The smallest absolute Gasteiger partial charge is 0.152 e. The predicted octanol–water partition coefficient (Wildman–Crippen LogP) is 3.28. The van der Waals surface area contributed by atoms with Gasteiger partial charge in [-0.15, -0.1) is 0 Å². The van der Waals surface area contributed by atoms with Gasteiger partial charge >= 0.3 is 0 Å². The molecule has 0 fully saturated rings. The van der Waals surface area contributed by atoms with Gasteiger partial charge in [0.15, 0.2) is 5.78 Å². The van der Waals surface area contributed by atoms with E-state index in [1.807, 2.05) is 31.2 Å². The van der Waals surface area contributed by atoms with Gasteiger partial charge in [-0.25, -0.2) is 0 Å². The summed E-state index contributed by atoms with van der Waals surface area (Å²) in [5, 5.41) is 0. The Morgan fingerprint density at radius 1 is 1.23 bits per heavy atom. The molecular formula is C11H11IO. The third-order valence-corrected chi connectivity index (χ3v) is 2.44. The van der Waals surface area contributed by atoms with E-state index >= 15 is 0 Å². The van der Waals surface area contributed by atoms with E-state index in [0.29, 0.717) is 0 Å². The van der Waals surface area contributed by atoms with Crippen molar-refractivity contribution in [2.75, 3.05) is 0 Å². The monoisotopic (exact) mass is 286 g/mol. The van der Waals surface area contributed by atoms with Crippen LogP contribution >= 0.6 is 22.6 Å². The highest BCUT2D eigenvalue weighted by molar-refractivity contribution is 14.1. The normalized spacial score (nSPS) is 11.5. The number of benzene rings is 1. The van der Waals surface area contributed by atoms with Crippen LogP contribution < -0.4 is 0 Å². The molecule has 0 saturated heterocycles. The van der Waals surface area contributed by atoms with Gasteiger partial charge in [0.05, 0.1) is 0 Å². The van der Waals surface area contributed by atoms with E-state index in [0.717, 1.165) is 11.1 Å². The lowest BCUT2D eigenvalue weighted by atomic mass is 10.1. The molecule has 0 atom stereocenters. The zero-order chi connectivity index (χ0) is 9.84. The standard InChI is InChI=1S/C11H11IO/c1-8(7-9(2)13)10-3-5-11(12)6-4-10/h3-7H,1-2H3/b8-7+. The zero-order valence-electron chi connectivity index (χ0n) is 7.67. The molecule has 0 aliphatic rings. The fraction of sp³-hybridized carbons (Fsp3) is 0.182. The van der Waals surface area contributed by atoms with Crippen molar-refractivity contribution >= 4 is 33.9 Å². The second-order valence-electron chi connectivity index (χ2n) is 2.94. The molecule has 0 aliphatic heterocycles. The molecule has 1 rings (SSSR count). The van der Waals surface area contributed by atoms with Gasteiger partial charge in [-0.2, -0.15) is 0 Å². The van der Waals surface area contributed by atoms with Crippen LogP contribution in [0.1, 0.15) is 19.4 Å². The first-order chi connectivity index (χ1) is 6.09. The van der Waals surface area contributed by atoms with Crippen molar-refractivity contribution in [1.29, 1.82) is 0 Å².